The number of aromatic amines is 1. The average molecular weight is 205 g/mol. The summed E-state index contributed by atoms with van der Waals surface area (Å²) >= 11 is 0. The first-order valence-corrected chi connectivity index (χ1v) is 4.89. The first kappa shape index (κ1) is 9.89. The van der Waals surface area contributed by atoms with E-state index >= 15 is 0 Å². The van der Waals surface area contributed by atoms with Crippen molar-refractivity contribution in [3.63, 3.8) is 0 Å². The molecule has 0 atom stereocenters. The number of hydrogen-bond acceptors (Lipinski definition) is 3. The largest absolute Gasteiger partial charge is 0.271 e. The van der Waals surface area contributed by atoms with Gasteiger partial charge in [-0.2, -0.15) is 5.10 Å². The van der Waals surface area contributed by atoms with Gasteiger partial charge in [-0.1, -0.05) is 26.0 Å². The Kier molecular flexibility index (Phi) is 2.10. The lowest BCUT2D eigenvalue weighted by Crippen LogP contribution is -2.16. The third-order valence-corrected chi connectivity index (χ3v) is 2.34. The van der Waals surface area contributed by atoms with Gasteiger partial charge in [-0.3, -0.25) is 9.78 Å². The zero-order chi connectivity index (χ0) is 11.1. The molecule has 0 bridgehead atoms. The normalized spacial score (nSPS) is 12.0. The third kappa shape index (κ3) is 1.77. The summed E-state index contributed by atoms with van der Waals surface area (Å²) in [5, 5.41) is 14.7. The van der Waals surface area contributed by atoms with Gasteiger partial charge in [0.1, 0.15) is 11.4 Å². The van der Waals surface area contributed by atoms with Crippen LogP contribution in [-0.2, 0) is 12.5 Å². The molecule has 15 heavy (non-hydrogen) atoms. The highest BCUT2D eigenvalue weighted by atomic mass is 15.3. The molecule has 0 aliphatic rings. The van der Waals surface area contributed by atoms with Crippen molar-refractivity contribution in [3.05, 3.63) is 18.0 Å². The van der Waals surface area contributed by atoms with E-state index in [-0.39, 0.29) is 5.41 Å². The summed E-state index contributed by atoms with van der Waals surface area (Å²) in [5.74, 6) is 0. The minimum absolute atomic E-state index is 0.0907. The summed E-state index contributed by atoms with van der Waals surface area (Å²) < 4.78 is 1.90. The molecular formula is C10H15N5. The van der Waals surface area contributed by atoms with Gasteiger partial charge >= 0.3 is 0 Å². The van der Waals surface area contributed by atoms with E-state index < -0.39 is 0 Å². The Bertz CT molecular complexity index is 447. The molecule has 0 fully saturated rings. The smallest absolute Gasteiger partial charge is 0.112 e. The number of nitrogens with one attached hydrogen (secondary N) is 1. The zero-order valence-corrected chi connectivity index (χ0v) is 9.44. The van der Waals surface area contributed by atoms with Gasteiger partial charge in [0, 0.05) is 18.2 Å². The van der Waals surface area contributed by atoms with Crippen LogP contribution in [0.2, 0.25) is 0 Å². The number of rotatable bonds is 1. The lowest BCUT2D eigenvalue weighted by molar-refractivity contribution is 0.523. The van der Waals surface area contributed by atoms with E-state index in [0.29, 0.717) is 0 Å². The number of aromatic nitrogens is 5. The van der Waals surface area contributed by atoms with Gasteiger partial charge in [-0.05, 0) is 6.07 Å². The molecule has 2 heterocycles. The Morgan fingerprint density at radius 3 is 2.53 bits per heavy atom. The molecule has 0 aliphatic carbocycles. The van der Waals surface area contributed by atoms with Crippen LogP contribution in [0.1, 0.15) is 26.5 Å². The van der Waals surface area contributed by atoms with Crippen LogP contribution < -0.4 is 0 Å². The maximum Gasteiger partial charge on any atom is 0.112 e. The van der Waals surface area contributed by atoms with Crippen molar-refractivity contribution < 1.29 is 0 Å². The van der Waals surface area contributed by atoms with Crippen LogP contribution in [0, 0.1) is 0 Å². The Morgan fingerprint density at radius 1 is 1.33 bits per heavy atom. The predicted octanol–water partition coefficient (Wildman–Crippen LogP) is 1.50. The second kappa shape index (κ2) is 3.18. The van der Waals surface area contributed by atoms with Gasteiger partial charge in [-0.15, -0.1) is 5.10 Å². The fourth-order valence-corrected chi connectivity index (χ4v) is 1.62. The third-order valence-electron chi connectivity index (χ3n) is 2.34. The molecule has 2 aromatic heterocycles. The van der Waals surface area contributed by atoms with Gasteiger partial charge in [0.05, 0.1) is 6.20 Å². The number of H-pyrrole nitrogens is 1. The summed E-state index contributed by atoms with van der Waals surface area (Å²) in [6.45, 7) is 6.50. The van der Waals surface area contributed by atoms with E-state index in [0.717, 1.165) is 11.4 Å². The Morgan fingerprint density at radius 2 is 2.07 bits per heavy atom. The molecule has 2 rings (SSSR count). The summed E-state index contributed by atoms with van der Waals surface area (Å²) in [7, 11) is 1.95. The highest BCUT2D eigenvalue weighted by molar-refractivity contribution is 5.53. The standard InChI is InChI=1S/C10H15N5/c1-10(2,3)9-5-7(13-15(9)4)8-6-11-14-12-8/h5-6H,1-4H3,(H,11,12,14). The van der Waals surface area contributed by atoms with E-state index in [4.69, 9.17) is 0 Å². The second-order valence-electron chi connectivity index (χ2n) is 4.66. The van der Waals surface area contributed by atoms with Crippen LogP contribution >= 0.6 is 0 Å². The van der Waals surface area contributed by atoms with Crippen molar-refractivity contribution in [1.82, 2.24) is 25.2 Å². The summed E-state index contributed by atoms with van der Waals surface area (Å²) in [5.41, 5.74) is 3.01. The molecule has 0 amide bonds. The lowest BCUT2D eigenvalue weighted by Gasteiger charge is -2.17. The monoisotopic (exact) mass is 205 g/mol. The van der Waals surface area contributed by atoms with Gasteiger partial charge in [-0.25, -0.2) is 0 Å². The first-order chi connectivity index (χ1) is 6.98. The van der Waals surface area contributed by atoms with Gasteiger partial charge in [0.25, 0.3) is 0 Å². The van der Waals surface area contributed by atoms with Gasteiger partial charge < -0.3 is 0 Å². The van der Waals surface area contributed by atoms with Crippen LogP contribution in [0.15, 0.2) is 12.3 Å². The van der Waals surface area contributed by atoms with Crippen LogP contribution in [0.25, 0.3) is 11.4 Å². The molecule has 80 valence electrons. The molecule has 0 saturated carbocycles. The molecule has 5 heteroatoms. The highest BCUT2D eigenvalue weighted by Crippen LogP contribution is 2.25. The van der Waals surface area contributed by atoms with Crippen LogP contribution in [0.4, 0.5) is 0 Å². The maximum atomic E-state index is 4.42. The number of hydrogen-bond donors (Lipinski definition) is 1. The quantitative estimate of drug-likeness (QED) is 0.767. The van der Waals surface area contributed by atoms with Crippen molar-refractivity contribution in [2.75, 3.05) is 0 Å². The molecule has 0 spiro atoms. The van der Waals surface area contributed by atoms with Crippen molar-refractivity contribution in [3.8, 4) is 11.4 Å². The van der Waals surface area contributed by atoms with Gasteiger partial charge in [0.15, 0.2) is 0 Å². The molecule has 0 radical (unpaired) electrons. The fourth-order valence-electron chi connectivity index (χ4n) is 1.62. The second-order valence-corrected chi connectivity index (χ2v) is 4.66. The Hall–Kier alpha value is -1.65. The molecule has 5 nitrogen and oxygen atoms in total. The average Bonchev–Trinajstić information content (AvgIpc) is 2.68. The molecule has 2 aromatic rings. The van der Waals surface area contributed by atoms with E-state index in [9.17, 15) is 0 Å². The number of aryl methyl sites for hydroxylation is 1. The molecule has 1 N–H and O–H groups in total. The first-order valence-electron chi connectivity index (χ1n) is 4.89. The topological polar surface area (TPSA) is 59.4 Å². The Labute approximate surface area is 88.5 Å². The molecule has 0 unspecified atom stereocenters. The van der Waals surface area contributed by atoms with Gasteiger partial charge in [0.2, 0.25) is 0 Å². The summed E-state index contributed by atoms with van der Waals surface area (Å²) in [4.78, 5) is 0. The zero-order valence-electron chi connectivity index (χ0n) is 9.44. The number of nitrogens with zero attached hydrogens (tertiary/aromatic N) is 4. The van der Waals surface area contributed by atoms with E-state index in [1.165, 1.54) is 5.69 Å². The van der Waals surface area contributed by atoms with Crippen molar-refractivity contribution in [2.24, 2.45) is 7.05 Å². The fraction of sp³-hybridized carbons (Fsp3) is 0.500. The van der Waals surface area contributed by atoms with Crippen molar-refractivity contribution in [1.29, 1.82) is 0 Å². The van der Waals surface area contributed by atoms with Crippen molar-refractivity contribution in [2.45, 2.75) is 26.2 Å². The van der Waals surface area contributed by atoms with Crippen LogP contribution in [0.3, 0.4) is 0 Å². The predicted molar refractivity (Wildman–Crippen MR) is 57.3 cm³/mol. The SMILES string of the molecule is Cn1nc(-c2cnn[nH]2)cc1C(C)(C)C. The lowest BCUT2D eigenvalue weighted by atomic mass is 9.92. The molecule has 0 saturated heterocycles. The van der Waals surface area contributed by atoms with E-state index in [2.05, 4.69) is 47.3 Å². The minimum Gasteiger partial charge on any atom is -0.271 e. The van der Waals surface area contributed by atoms with Crippen LogP contribution in [0.5, 0.6) is 0 Å². The maximum absolute atomic E-state index is 4.42. The Balaban J connectivity index is 2.47. The molecule has 0 aromatic carbocycles. The summed E-state index contributed by atoms with van der Waals surface area (Å²) in [6, 6.07) is 2.06. The van der Waals surface area contributed by atoms with Crippen LogP contribution in [-0.4, -0.2) is 25.2 Å². The van der Waals surface area contributed by atoms with E-state index in [1.807, 2.05) is 11.7 Å². The minimum atomic E-state index is 0.0907. The molecule has 0 aliphatic heterocycles. The molecular weight excluding hydrogens is 190 g/mol. The van der Waals surface area contributed by atoms with Crippen molar-refractivity contribution >= 4 is 0 Å². The summed E-state index contributed by atoms with van der Waals surface area (Å²) in [6.07, 6.45) is 1.68. The van der Waals surface area contributed by atoms with E-state index in [1.54, 1.807) is 6.20 Å². The highest BCUT2D eigenvalue weighted by Gasteiger charge is 2.20.